The van der Waals surface area contributed by atoms with Gasteiger partial charge in [-0.15, -0.1) is 0 Å². The van der Waals surface area contributed by atoms with E-state index in [1.165, 1.54) is 11.3 Å². The van der Waals surface area contributed by atoms with Crippen LogP contribution in [0, 0.1) is 11.8 Å². The highest BCUT2D eigenvalue weighted by molar-refractivity contribution is 7.15. The number of hydrogen-bond donors (Lipinski definition) is 2. The second kappa shape index (κ2) is 10.4. The van der Waals surface area contributed by atoms with Crippen LogP contribution in [0.2, 0.25) is 0 Å². The molecule has 0 saturated heterocycles. The van der Waals surface area contributed by atoms with Gasteiger partial charge in [0.15, 0.2) is 11.1 Å². The van der Waals surface area contributed by atoms with Crippen molar-refractivity contribution in [1.29, 1.82) is 0 Å². The molecule has 9 heteroatoms. The number of hydrogen-bond acceptors (Lipinski definition) is 7. The molecular weight excluding hydrogens is 424 g/mol. The van der Waals surface area contributed by atoms with Gasteiger partial charge in [-0.3, -0.25) is 4.79 Å². The molecule has 3 rings (SSSR count). The zero-order valence-electron chi connectivity index (χ0n) is 17.1. The Morgan fingerprint density at radius 3 is 2.83 bits per heavy atom. The Kier molecular flexibility index (Phi) is 7.86. The second-order valence-electron chi connectivity index (χ2n) is 7.82. The van der Waals surface area contributed by atoms with E-state index in [1.807, 2.05) is 5.94 Å². The van der Waals surface area contributed by atoms with Crippen LogP contribution in [0.25, 0.3) is 0 Å². The van der Waals surface area contributed by atoms with Crippen LogP contribution in [-0.2, 0) is 14.3 Å². The van der Waals surface area contributed by atoms with E-state index in [2.05, 4.69) is 17.2 Å². The molecule has 0 bridgehead atoms. The molecule has 2 aliphatic rings. The van der Waals surface area contributed by atoms with E-state index < -0.39 is 6.04 Å². The summed E-state index contributed by atoms with van der Waals surface area (Å²) in [7, 11) is 1.58. The Hall–Kier alpha value is -1.96. The van der Waals surface area contributed by atoms with Crippen LogP contribution < -0.4 is 11.1 Å². The SMILES string of the molecule is COCC(c1cnc(NC(=O)[C@@H](N)[C@H]2CC[C@H](C)CC2)s1)N1C=C(Cl)C=CC1=C=O. The maximum Gasteiger partial charge on any atom is 0.243 e. The summed E-state index contributed by atoms with van der Waals surface area (Å²) in [5, 5.41) is 3.80. The van der Waals surface area contributed by atoms with Crippen molar-refractivity contribution in [3.8, 4) is 0 Å². The van der Waals surface area contributed by atoms with Crippen molar-refractivity contribution >= 4 is 39.9 Å². The van der Waals surface area contributed by atoms with Gasteiger partial charge in [0.05, 0.1) is 28.6 Å². The topological polar surface area (TPSA) is 97.5 Å². The van der Waals surface area contributed by atoms with Gasteiger partial charge in [-0.25, -0.2) is 9.78 Å². The first-order valence-electron chi connectivity index (χ1n) is 10.0. The van der Waals surface area contributed by atoms with Crippen molar-refractivity contribution < 1.29 is 14.3 Å². The number of methoxy groups -OCH3 is 1. The zero-order chi connectivity index (χ0) is 21.7. The standard InChI is InChI=1S/C21H27ClN4O3S/c1-13-3-5-14(6-4-13)19(23)20(28)25-21-24-9-18(30-21)17(12-29-2)26-10-15(22)7-8-16(26)11-27/h7-10,13-14,17,19H,3-6,12,23H2,1-2H3,(H,24,25,28)/t13-,14-,17?,19-/m0/s1. The first-order valence-corrected chi connectivity index (χ1v) is 11.2. The Bertz CT molecular complexity index is 869. The highest BCUT2D eigenvalue weighted by Gasteiger charge is 2.30. The van der Waals surface area contributed by atoms with Gasteiger partial charge in [-0.2, -0.15) is 0 Å². The Morgan fingerprint density at radius 2 is 2.17 bits per heavy atom. The fourth-order valence-corrected chi connectivity index (χ4v) is 4.91. The second-order valence-corrected chi connectivity index (χ2v) is 9.31. The summed E-state index contributed by atoms with van der Waals surface area (Å²) in [5.41, 5.74) is 6.57. The molecular formula is C21H27ClN4O3S. The lowest BCUT2D eigenvalue weighted by molar-refractivity contribution is -0.118. The molecule has 0 spiro atoms. The van der Waals surface area contributed by atoms with Crippen LogP contribution in [0.3, 0.4) is 0 Å². The largest absolute Gasteiger partial charge is 0.382 e. The summed E-state index contributed by atoms with van der Waals surface area (Å²) in [6, 6.07) is -0.875. The van der Waals surface area contributed by atoms with Gasteiger partial charge in [-0.05, 0) is 36.8 Å². The Balaban J connectivity index is 1.71. The number of thiazole rings is 1. The molecule has 7 nitrogen and oxygen atoms in total. The third-order valence-corrected chi connectivity index (χ3v) is 6.90. The van der Waals surface area contributed by atoms with Gasteiger partial charge >= 0.3 is 0 Å². The van der Waals surface area contributed by atoms with Gasteiger partial charge in [0.2, 0.25) is 5.91 Å². The molecule has 1 amide bonds. The number of nitrogens with zero attached hydrogens (tertiary/aromatic N) is 2. The smallest absolute Gasteiger partial charge is 0.243 e. The molecule has 2 heterocycles. The van der Waals surface area contributed by atoms with E-state index in [0.717, 1.165) is 30.6 Å². The number of aromatic nitrogens is 1. The molecule has 1 aromatic rings. The van der Waals surface area contributed by atoms with Crippen molar-refractivity contribution in [3.63, 3.8) is 0 Å². The minimum absolute atomic E-state index is 0.203. The van der Waals surface area contributed by atoms with Crippen LogP contribution in [0.1, 0.15) is 43.5 Å². The van der Waals surface area contributed by atoms with Crippen molar-refractivity contribution in [1.82, 2.24) is 9.88 Å². The zero-order valence-corrected chi connectivity index (χ0v) is 18.7. The number of amides is 1. The summed E-state index contributed by atoms with van der Waals surface area (Å²) < 4.78 is 5.35. The number of nitrogens with two attached hydrogens (primary N) is 1. The van der Waals surface area contributed by atoms with Gasteiger partial charge in [0, 0.05) is 19.5 Å². The first kappa shape index (κ1) is 22.7. The average molecular weight is 451 g/mol. The van der Waals surface area contributed by atoms with E-state index >= 15 is 0 Å². The van der Waals surface area contributed by atoms with Crippen LogP contribution >= 0.6 is 22.9 Å². The molecule has 2 atom stereocenters. The number of ether oxygens (including phenoxy) is 1. The molecule has 1 unspecified atom stereocenters. The minimum Gasteiger partial charge on any atom is -0.382 e. The summed E-state index contributed by atoms with van der Waals surface area (Å²) in [6.07, 6.45) is 10.7. The fraction of sp³-hybridized carbons (Fsp3) is 0.524. The predicted molar refractivity (Wildman–Crippen MR) is 119 cm³/mol. The van der Waals surface area contributed by atoms with Crippen molar-refractivity contribution in [2.75, 3.05) is 19.0 Å². The van der Waals surface area contributed by atoms with Gasteiger partial charge < -0.3 is 20.7 Å². The van der Waals surface area contributed by atoms with Crippen LogP contribution in [0.4, 0.5) is 5.13 Å². The highest BCUT2D eigenvalue weighted by atomic mass is 35.5. The lowest BCUT2D eigenvalue weighted by Crippen LogP contribution is -2.43. The maximum absolute atomic E-state index is 12.6. The van der Waals surface area contributed by atoms with Crippen molar-refractivity contribution in [2.45, 2.75) is 44.7 Å². The summed E-state index contributed by atoms with van der Waals surface area (Å²) in [5.74, 6) is 2.61. The number of halogens is 1. The molecule has 162 valence electrons. The molecule has 1 fully saturated rings. The normalized spacial score (nSPS) is 23.5. The van der Waals surface area contributed by atoms with Crippen LogP contribution in [-0.4, -0.2) is 41.5 Å². The molecule has 1 aliphatic heterocycles. The van der Waals surface area contributed by atoms with E-state index in [0.29, 0.717) is 28.4 Å². The van der Waals surface area contributed by atoms with Gasteiger partial charge in [0.1, 0.15) is 5.70 Å². The quantitative estimate of drug-likeness (QED) is 0.616. The average Bonchev–Trinajstić information content (AvgIpc) is 3.20. The number of rotatable bonds is 7. The molecule has 1 saturated carbocycles. The molecule has 3 N–H and O–H groups in total. The van der Waals surface area contributed by atoms with E-state index in [4.69, 9.17) is 22.1 Å². The van der Waals surface area contributed by atoms with Crippen molar-refractivity contribution in [3.05, 3.63) is 40.2 Å². The number of anilines is 1. The number of allylic oxidation sites excluding steroid dienone is 3. The lowest BCUT2D eigenvalue weighted by atomic mass is 9.79. The van der Waals surface area contributed by atoms with Crippen LogP contribution in [0.15, 0.2) is 35.3 Å². The predicted octanol–water partition coefficient (Wildman–Crippen LogP) is 3.59. The van der Waals surface area contributed by atoms with Crippen LogP contribution in [0.5, 0.6) is 0 Å². The molecule has 0 radical (unpaired) electrons. The Morgan fingerprint density at radius 1 is 1.43 bits per heavy atom. The lowest BCUT2D eigenvalue weighted by Gasteiger charge is -2.30. The summed E-state index contributed by atoms with van der Waals surface area (Å²) in [6.45, 7) is 2.54. The molecule has 1 aromatic heterocycles. The first-order chi connectivity index (χ1) is 14.4. The number of carbonyl (C=O) groups excluding carboxylic acids is 2. The minimum atomic E-state index is -0.543. The molecule has 1 aliphatic carbocycles. The van der Waals surface area contributed by atoms with E-state index in [1.54, 1.807) is 36.6 Å². The fourth-order valence-electron chi connectivity index (χ4n) is 3.84. The molecule has 0 aromatic carbocycles. The van der Waals surface area contributed by atoms with Gasteiger partial charge in [0.25, 0.3) is 0 Å². The van der Waals surface area contributed by atoms with E-state index in [9.17, 15) is 9.59 Å². The number of nitrogens with one attached hydrogen (secondary N) is 1. The maximum atomic E-state index is 12.6. The number of carbonyl (C=O) groups is 1. The third-order valence-electron chi connectivity index (χ3n) is 5.66. The van der Waals surface area contributed by atoms with Crippen molar-refractivity contribution in [2.24, 2.45) is 17.6 Å². The Labute approximate surface area is 185 Å². The summed E-state index contributed by atoms with van der Waals surface area (Å²) >= 11 is 7.44. The molecule has 30 heavy (non-hydrogen) atoms. The third kappa shape index (κ3) is 5.39. The summed E-state index contributed by atoms with van der Waals surface area (Å²) in [4.78, 5) is 30.9. The van der Waals surface area contributed by atoms with E-state index in [-0.39, 0.29) is 17.9 Å². The monoisotopic (exact) mass is 450 g/mol. The highest BCUT2D eigenvalue weighted by Crippen LogP contribution is 2.34. The van der Waals surface area contributed by atoms with Gasteiger partial charge in [-0.1, -0.05) is 42.7 Å².